The summed E-state index contributed by atoms with van der Waals surface area (Å²) in [5.41, 5.74) is 6.70. The van der Waals surface area contributed by atoms with E-state index in [1.165, 1.54) is 16.7 Å². The number of hydrogen-bond donors (Lipinski definition) is 2. The van der Waals surface area contributed by atoms with E-state index in [-0.39, 0.29) is 6.03 Å². The summed E-state index contributed by atoms with van der Waals surface area (Å²) in [7, 11) is 0. The number of carbonyl (C=O) groups is 1. The molecule has 2 amide bonds. The fourth-order valence-electron chi connectivity index (χ4n) is 3.70. The van der Waals surface area contributed by atoms with Gasteiger partial charge in [0.2, 0.25) is 0 Å². The van der Waals surface area contributed by atoms with Gasteiger partial charge in [-0.2, -0.15) is 0 Å². The summed E-state index contributed by atoms with van der Waals surface area (Å²) in [6.07, 6.45) is 2.74. The van der Waals surface area contributed by atoms with Crippen molar-refractivity contribution in [3.05, 3.63) is 65.4 Å². The Morgan fingerprint density at radius 1 is 1.22 bits per heavy atom. The van der Waals surface area contributed by atoms with Gasteiger partial charge >= 0.3 is 6.03 Å². The van der Waals surface area contributed by atoms with Crippen molar-refractivity contribution in [2.24, 2.45) is 0 Å². The maximum absolute atomic E-state index is 12.2. The fraction of sp³-hybridized carbons (Fsp3) is 0.273. The molecule has 138 valence electrons. The van der Waals surface area contributed by atoms with Crippen molar-refractivity contribution in [1.82, 2.24) is 10.3 Å². The van der Waals surface area contributed by atoms with Crippen molar-refractivity contribution in [3.8, 4) is 0 Å². The third kappa shape index (κ3) is 3.45. The van der Waals surface area contributed by atoms with E-state index in [0.717, 1.165) is 41.8 Å². The Labute approximate surface area is 159 Å². The van der Waals surface area contributed by atoms with E-state index in [1.54, 1.807) is 0 Å². The maximum atomic E-state index is 12.2. The lowest BCUT2D eigenvalue weighted by atomic mass is 10.1. The van der Waals surface area contributed by atoms with Crippen molar-refractivity contribution in [3.63, 3.8) is 0 Å². The quantitative estimate of drug-likeness (QED) is 0.731. The number of urea groups is 1. The zero-order valence-corrected chi connectivity index (χ0v) is 15.7. The van der Waals surface area contributed by atoms with Crippen LogP contribution in [0.15, 0.2) is 48.7 Å². The monoisotopic (exact) mass is 360 g/mol. The molecule has 4 rings (SSSR count). The third-order valence-electron chi connectivity index (χ3n) is 5.01. The molecule has 1 aromatic heterocycles. The number of aromatic nitrogens is 1. The second-order valence-corrected chi connectivity index (χ2v) is 6.92. The van der Waals surface area contributed by atoms with Gasteiger partial charge in [0.05, 0.1) is 11.2 Å². The van der Waals surface area contributed by atoms with Gasteiger partial charge in [0, 0.05) is 36.9 Å². The molecule has 5 nitrogen and oxygen atoms in total. The van der Waals surface area contributed by atoms with Gasteiger partial charge in [0.15, 0.2) is 0 Å². The molecule has 3 aromatic rings. The van der Waals surface area contributed by atoms with Crippen LogP contribution in [0, 0.1) is 6.92 Å². The van der Waals surface area contributed by atoms with Gasteiger partial charge in [-0.15, -0.1) is 0 Å². The molecule has 0 atom stereocenters. The number of amides is 2. The highest BCUT2D eigenvalue weighted by atomic mass is 16.2. The Kier molecular flexibility index (Phi) is 4.67. The second-order valence-electron chi connectivity index (χ2n) is 6.92. The molecule has 0 radical (unpaired) electrons. The van der Waals surface area contributed by atoms with Crippen LogP contribution in [-0.4, -0.2) is 24.1 Å². The van der Waals surface area contributed by atoms with Crippen molar-refractivity contribution in [2.75, 3.05) is 23.3 Å². The highest BCUT2D eigenvalue weighted by Crippen LogP contribution is 2.31. The Morgan fingerprint density at radius 2 is 2.11 bits per heavy atom. The first-order valence-electron chi connectivity index (χ1n) is 9.42. The van der Waals surface area contributed by atoms with Crippen LogP contribution in [0.25, 0.3) is 10.9 Å². The van der Waals surface area contributed by atoms with Crippen LogP contribution >= 0.6 is 0 Å². The topological polar surface area (TPSA) is 57.3 Å². The van der Waals surface area contributed by atoms with Crippen molar-refractivity contribution >= 4 is 28.3 Å². The standard InChI is InChI=1S/C22H24N4O/c1-3-23-22(27)26-10-8-17-6-7-19(13-20(17)26)25-14-16-11-15(2)21-18(12-16)5-4-9-24-21/h4-7,9,11-13,25H,3,8,10,14H2,1-2H3,(H,23,27). The first-order chi connectivity index (χ1) is 13.2. The molecular weight excluding hydrogens is 336 g/mol. The number of benzene rings is 2. The number of fused-ring (bicyclic) bond motifs is 2. The van der Waals surface area contributed by atoms with Crippen LogP contribution in [0.4, 0.5) is 16.2 Å². The van der Waals surface area contributed by atoms with Gasteiger partial charge < -0.3 is 10.6 Å². The summed E-state index contributed by atoms with van der Waals surface area (Å²) in [6.45, 7) is 6.14. The number of rotatable bonds is 4. The largest absolute Gasteiger partial charge is 0.381 e. The lowest BCUT2D eigenvalue weighted by Crippen LogP contribution is -2.38. The van der Waals surface area contributed by atoms with Crippen molar-refractivity contribution < 1.29 is 4.79 Å². The predicted molar refractivity (Wildman–Crippen MR) is 110 cm³/mol. The molecule has 27 heavy (non-hydrogen) atoms. The van der Waals surface area contributed by atoms with E-state index in [1.807, 2.05) is 24.1 Å². The second kappa shape index (κ2) is 7.27. The van der Waals surface area contributed by atoms with Gasteiger partial charge in [-0.1, -0.05) is 18.2 Å². The van der Waals surface area contributed by atoms with Crippen LogP contribution in [-0.2, 0) is 13.0 Å². The summed E-state index contributed by atoms with van der Waals surface area (Å²) in [4.78, 5) is 18.5. The number of nitrogens with zero attached hydrogens (tertiary/aromatic N) is 2. The van der Waals surface area contributed by atoms with Gasteiger partial charge in [0.1, 0.15) is 0 Å². The summed E-state index contributed by atoms with van der Waals surface area (Å²) in [6, 6.07) is 14.7. The fourth-order valence-corrected chi connectivity index (χ4v) is 3.70. The van der Waals surface area contributed by atoms with Crippen LogP contribution in [0.2, 0.25) is 0 Å². The van der Waals surface area contributed by atoms with Crippen LogP contribution in [0.5, 0.6) is 0 Å². The predicted octanol–water partition coefficient (Wildman–Crippen LogP) is 4.25. The Hall–Kier alpha value is -3.08. The van der Waals surface area contributed by atoms with E-state index in [0.29, 0.717) is 6.54 Å². The highest BCUT2D eigenvalue weighted by Gasteiger charge is 2.24. The molecule has 0 spiro atoms. The van der Waals surface area contributed by atoms with E-state index in [2.05, 4.69) is 58.9 Å². The number of aryl methyl sites for hydroxylation is 1. The first-order valence-corrected chi connectivity index (χ1v) is 9.42. The summed E-state index contributed by atoms with van der Waals surface area (Å²) in [5.74, 6) is 0. The smallest absolute Gasteiger partial charge is 0.321 e. The van der Waals surface area contributed by atoms with Crippen LogP contribution in [0.3, 0.4) is 0 Å². The van der Waals surface area contributed by atoms with Gasteiger partial charge in [-0.3, -0.25) is 9.88 Å². The normalized spacial score (nSPS) is 12.9. The molecule has 0 unspecified atom stereocenters. The zero-order chi connectivity index (χ0) is 18.8. The van der Waals surface area contributed by atoms with Crippen molar-refractivity contribution in [2.45, 2.75) is 26.8 Å². The minimum Gasteiger partial charge on any atom is -0.381 e. The Morgan fingerprint density at radius 3 is 2.96 bits per heavy atom. The van der Waals surface area contributed by atoms with E-state index >= 15 is 0 Å². The molecule has 0 fully saturated rings. The number of nitrogens with one attached hydrogen (secondary N) is 2. The van der Waals surface area contributed by atoms with E-state index < -0.39 is 0 Å². The summed E-state index contributed by atoms with van der Waals surface area (Å²) < 4.78 is 0. The first kappa shape index (κ1) is 17.3. The van der Waals surface area contributed by atoms with E-state index in [9.17, 15) is 4.79 Å². The van der Waals surface area contributed by atoms with E-state index in [4.69, 9.17) is 0 Å². The number of carbonyl (C=O) groups excluding carboxylic acids is 1. The zero-order valence-electron chi connectivity index (χ0n) is 15.7. The molecular formula is C22H24N4O. The van der Waals surface area contributed by atoms with Crippen molar-refractivity contribution in [1.29, 1.82) is 0 Å². The van der Waals surface area contributed by atoms with Gasteiger partial charge in [-0.25, -0.2) is 4.79 Å². The molecule has 0 bridgehead atoms. The van der Waals surface area contributed by atoms with Gasteiger partial charge in [0.25, 0.3) is 0 Å². The number of pyridine rings is 1. The molecule has 0 aliphatic carbocycles. The Balaban J connectivity index is 1.53. The van der Waals surface area contributed by atoms with Crippen LogP contribution in [0.1, 0.15) is 23.6 Å². The van der Waals surface area contributed by atoms with Gasteiger partial charge in [-0.05, 0) is 61.2 Å². The minimum atomic E-state index is -0.0222. The minimum absolute atomic E-state index is 0.0222. The molecule has 5 heteroatoms. The average molecular weight is 360 g/mol. The number of anilines is 2. The maximum Gasteiger partial charge on any atom is 0.321 e. The number of hydrogen-bond acceptors (Lipinski definition) is 3. The Bertz CT molecular complexity index is 999. The molecule has 1 aliphatic heterocycles. The summed E-state index contributed by atoms with van der Waals surface area (Å²) in [5, 5.41) is 7.54. The molecule has 1 aliphatic rings. The molecule has 0 saturated carbocycles. The summed E-state index contributed by atoms with van der Waals surface area (Å²) >= 11 is 0. The van der Waals surface area contributed by atoms with Crippen LogP contribution < -0.4 is 15.5 Å². The molecule has 2 N–H and O–H groups in total. The molecule has 2 heterocycles. The molecule has 0 saturated heterocycles. The lowest BCUT2D eigenvalue weighted by Gasteiger charge is -2.18. The average Bonchev–Trinajstić information content (AvgIpc) is 3.10. The highest BCUT2D eigenvalue weighted by molar-refractivity contribution is 5.94. The third-order valence-corrected chi connectivity index (χ3v) is 5.01. The molecule has 2 aromatic carbocycles. The lowest BCUT2D eigenvalue weighted by molar-refractivity contribution is 0.247. The SMILES string of the molecule is CCNC(=O)N1CCc2ccc(NCc3cc(C)c4ncccc4c3)cc21.